The predicted octanol–water partition coefficient (Wildman–Crippen LogP) is 3.90. The van der Waals surface area contributed by atoms with Crippen LogP contribution in [0.25, 0.3) is 11.1 Å². The molecule has 0 aliphatic heterocycles. The Morgan fingerprint density at radius 2 is 1.58 bits per heavy atom. The quantitative estimate of drug-likeness (QED) is 0.476. The molecule has 0 saturated carbocycles. The molecule has 3 rings (SSSR count). The fourth-order valence-electron chi connectivity index (χ4n) is 3.16. The fourth-order valence-corrected chi connectivity index (χ4v) is 3.16. The van der Waals surface area contributed by atoms with Crippen molar-refractivity contribution in [2.75, 3.05) is 0 Å². The number of aromatic nitrogens is 1. The van der Waals surface area contributed by atoms with Crippen LogP contribution in [0.2, 0.25) is 0 Å². The number of pyridine rings is 1. The van der Waals surface area contributed by atoms with Crippen molar-refractivity contribution in [2.24, 2.45) is 17.4 Å². The molecule has 2 atom stereocenters. The highest BCUT2D eigenvalue weighted by molar-refractivity contribution is 6.02. The Labute approximate surface area is 182 Å². The van der Waals surface area contributed by atoms with E-state index in [2.05, 4.69) is 4.98 Å². The van der Waals surface area contributed by atoms with Gasteiger partial charge in [0.1, 0.15) is 6.04 Å². The van der Waals surface area contributed by atoms with Crippen LogP contribution in [0.4, 0.5) is 0 Å². The molecule has 1 heterocycles. The van der Waals surface area contributed by atoms with Crippen molar-refractivity contribution in [3.8, 4) is 11.1 Å². The molecule has 1 aromatic heterocycles. The van der Waals surface area contributed by atoms with E-state index in [4.69, 9.17) is 16.6 Å². The van der Waals surface area contributed by atoms with E-state index in [-0.39, 0.29) is 24.5 Å². The molecule has 2 unspecified atom stereocenters. The first-order chi connectivity index (χ1) is 14.9. The first-order valence-corrected chi connectivity index (χ1v) is 10.2. The summed E-state index contributed by atoms with van der Waals surface area (Å²) in [6, 6.07) is 20.1. The lowest BCUT2D eigenvalue weighted by atomic mass is 9.90. The standard InChI is InChI=1S/C19H21NO3.C6H8N2/c1-13(11-17(20)19(22)23)12-18(21)16-10-6-5-9-15(16)14-7-3-2-4-8-14;7-5-6-1-3-8-4-2-6/h2-10,13,17H,11-12,20H2,1H3,(H,22,23);1-4H,5,7H2. The average molecular weight is 420 g/mol. The monoisotopic (exact) mass is 419 g/mol. The molecule has 5 N–H and O–H groups in total. The zero-order chi connectivity index (χ0) is 22.6. The molecule has 2 aromatic carbocycles. The molecule has 6 heteroatoms. The molecule has 162 valence electrons. The van der Waals surface area contributed by atoms with Crippen LogP contribution in [0.5, 0.6) is 0 Å². The summed E-state index contributed by atoms with van der Waals surface area (Å²) in [6.07, 6.45) is 4.05. The molecule has 0 amide bonds. The molecule has 0 radical (unpaired) electrons. The van der Waals surface area contributed by atoms with Crippen molar-refractivity contribution in [3.63, 3.8) is 0 Å². The van der Waals surface area contributed by atoms with E-state index in [1.54, 1.807) is 12.4 Å². The van der Waals surface area contributed by atoms with Gasteiger partial charge in [-0.2, -0.15) is 0 Å². The summed E-state index contributed by atoms with van der Waals surface area (Å²) in [4.78, 5) is 27.3. The van der Waals surface area contributed by atoms with Gasteiger partial charge in [0.2, 0.25) is 0 Å². The Morgan fingerprint density at radius 1 is 0.968 bits per heavy atom. The number of ketones is 1. The highest BCUT2D eigenvalue weighted by Gasteiger charge is 2.20. The average Bonchev–Trinajstić information content (AvgIpc) is 2.80. The molecular formula is C25H29N3O3. The maximum Gasteiger partial charge on any atom is 0.320 e. The number of carbonyl (C=O) groups excluding carboxylic acids is 1. The van der Waals surface area contributed by atoms with E-state index in [1.807, 2.05) is 73.7 Å². The van der Waals surface area contributed by atoms with E-state index in [0.29, 0.717) is 12.1 Å². The minimum absolute atomic E-state index is 0.00884. The third-order valence-corrected chi connectivity index (χ3v) is 4.80. The van der Waals surface area contributed by atoms with Crippen LogP contribution in [-0.2, 0) is 11.3 Å². The first kappa shape index (κ1) is 23.9. The number of rotatable bonds is 8. The number of aliphatic carboxylic acids is 1. The van der Waals surface area contributed by atoms with E-state index >= 15 is 0 Å². The van der Waals surface area contributed by atoms with Gasteiger partial charge in [-0.3, -0.25) is 14.6 Å². The van der Waals surface area contributed by atoms with Crippen LogP contribution in [-0.4, -0.2) is 27.9 Å². The van der Waals surface area contributed by atoms with Crippen molar-refractivity contribution < 1.29 is 14.7 Å². The molecule has 0 saturated heterocycles. The SMILES string of the molecule is CC(CC(=O)c1ccccc1-c1ccccc1)CC(N)C(=O)O.NCc1ccncc1. The summed E-state index contributed by atoms with van der Waals surface area (Å²) < 4.78 is 0. The maximum absolute atomic E-state index is 12.6. The van der Waals surface area contributed by atoms with Gasteiger partial charge >= 0.3 is 5.97 Å². The number of hydrogen-bond donors (Lipinski definition) is 3. The lowest BCUT2D eigenvalue weighted by Gasteiger charge is -2.15. The molecule has 3 aromatic rings. The lowest BCUT2D eigenvalue weighted by molar-refractivity contribution is -0.138. The second kappa shape index (κ2) is 12.4. The molecule has 0 fully saturated rings. The predicted molar refractivity (Wildman–Crippen MR) is 122 cm³/mol. The number of carbonyl (C=O) groups is 2. The van der Waals surface area contributed by atoms with Crippen molar-refractivity contribution in [1.29, 1.82) is 0 Å². The van der Waals surface area contributed by atoms with Crippen LogP contribution in [0.3, 0.4) is 0 Å². The van der Waals surface area contributed by atoms with Crippen LogP contribution in [0.1, 0.15) is 35.7 Å². The van der Waals surface area contributed by atoms with Gasteiger partial charge in [0.15, 0.2) is 5.78 Å². The Hall–Kier alpha value is -3.35. The summed E-state index contributed by atoms with van der Waals surface area (Å²) >= 11 is 0. The van der Waals surface area contributed by atoms with Crippen LogP contribution in [0, 0.1) is 5.92 Å². The van der Waals surface area contributed by atoms with Gasteiger partial charge in [0.05, 0.1) is 0 Å². The van der Waals surface area contributed by atoms with E-state index in [9.17, 15) is 9.59 Å². The van der Waals surface area contributed by atoms with Gasteiger partial charge in [-0.05, 0) is 41.2 Å². The Balaban J connectivity index is 0.000000357. The Bertz CT molecular complexity index is 962. The zero-order valence-electron chi connectivity index (χ0n) is 17.6. The number of hydrogen-bond acceptors (Lipinski definition) is 5. The number of benzene rings is 2. The zero-order valence-corrected chi connectivity index (χ0v) is 17.6. The summed E-state index contributed by atoms with van der Waals surface area (Å²) in [5.74, 6) is -1.11. The summed E-state index contributed by atoms with van der Waals surface area (Å²) in [7, 11) is 0. The van der Waals surface area contributed by atoms with Gasteiger partial charge < -0.3 is 16.6 Å². The van der Waals surface area contributed by atoms with E-state index in [0.717, 1.165) is 16.7 Å². The van der Waals surface area contributed by atoms with Gasteiger partial charge in [-0.15, -0.1) is 0 Å². The second-order valence-electron chi connectivity index (χ2n) is 7.38. The highest BCUT2D eigenvalue weighted by atomic mass is 16.4. The molecule has 0 bridgehead atoms. The largest absolute Gasteiger partial charge is 0.480 e. The maximum atomic E-state index is 12.6. The normalized spacial score (nSPS) is 12.2. The topological polar surface area (TPSA) is 119 Å². The Morgan fingerprint density at radius 3 is 2.16 bits per heavy atom. The van der Waals surface area contributed by atoms with Crippen LogP contribution >= 0.6 is 0 Å². The molecular weight excluding hydrogens is 390 g/mol. The highest BCUT2D eigenvalue weighted by Crippen LogP contribution is 2.26. The first-order valence-electron chi connectivity index (χ1n) is 10.2. The van der Waals surface area contributed by atoms with E-state index in [1.165, 1.54) is 0 Å². The van der Waals surface area contributed by atoms with Crippen molar-refractivity contribution >= 4 is 11.8 Å². The molecule has 6 nitrogen and oxygen atoms in total. The smallest absolute Gasteiger partial charge is 0.320 e. The van der Waals surface area contributed by atoms with Crippen molar-refractivity contribution in [1.82, 2.24) is 4.98 Å². The van der Waals surface area contributed by atoms with E-state index < -0.39 is 12.0 Å². The van der Waals surface area contributed by atoms with Crippen molar-refractivity contribution in [2.45, 2.75) is 32.4 Å². The summed E-state index contributed by atoms with van der Waals surface area (Å²) in [6.45, 7) is 2.45. The van der Waals surface area contributed by atoms with Gasteiger partial charge in [0, 0.05) is 30.9 Å². The van der Waals surface area contributed by atoms with Crippen molar-refractivity contribution in [3.05, 3.63) is 90.3 Å². The number of carboxylic acid groups (broad SMARTS) is 1. The minimum Gasteiger partial charge on any atom is -0.480 e. The third kappa shape index (κ3) is 7.77. The van der Waals surface area contributed by atoms with Gasteiger partial charge in [-0.25, -0.2) is 0 Å². The van der Waals surface area contributed by atoms with Gasteiger partial charge in [0.25, 0.3) is 0 Å². The van der Waals surface area contributed by atoms with Crippen LogP contribution in [0.15, 0.2) is 79.1 Å². The number of nitrogens with zero attached hydrogens (tertiary/aromatic N) is 1. The lowest BCUT2D eigenvalue weighted by Crippen LogP contribution is -2.32. The number of carboxylic acids is 1. The number of Topliss-reactive ketones (excluding diaryl/α,β-unsaturated/α-hetero) is 1. The van der Waals surface area contributed by atoms with Crippen LogP contribution < -0.4 is 11.5 Å². The summed E-state index contributed by atoms with van der Waals surface area (Å²) in [5.41, 5.74) is 14.5. The second-order valence-corrected chi connectivity index (χ2v) is 7.38. The van der Waals surface area contributed by atoms with Gasteiger partial charge in [-0.1, -0.05) is 61.5 Å². The summed E-state index contributed by atoms with van der Waals surface area (Å²) in [5, 5.41) is 8.86. The Kier molecular flexibility index (Phi) is 9.55. The molecule has 0 aliphatic rings. The molecule has 0 spiro atoms. The number of nitrogens with two attached hydrogens (primary N) is 2. The third-order valence-electron chi connectivity index (χ3n) is 4.80. The molecule has 31 heavy (non-hydrogen) atoms. The minimum atomic E-state index is -1.03. The molecule has 0 aliphatic carbocycles. The fraction of sp³-hybridized carbons (Fsp3) is 0.240.